The van der Waals surface area contributed by atoms with Crippen LogP contribution in [0.25, 0.3) is 16.5 Å². The van der Waals surface area contributed by atoms with E-state index in [2.05, 4.69) is 10.6 Å². The molecule has 4 rings (SSSR count). The number of morpholine rings is 1. The first kappa shape index (κ1) is 21.8. The molecule has 156 valence electrons. The van der Waals surface area contributed by atoms with Crippen molar-refractivity contribution in [2.24, 2.45) is 0 Å². The van der Waals surface area contributed by atoms with E-state index >= 15 is 0 Å². The summed E-state index contributed by atoms with van der Waals surface area (Å²) < 4.78 is 5.01. The number of carbonyl (C=O) groups is 1. The van der Waals surface area contributed by atoms with E-state index in [1.807, 2.05) is 66.9 Å². The monoisotopic (exact) mass is 421 g/mol. The quantitative estimate of drug-likeness (QED) is 0.426. The number of nitrogens with two attached hydrogens (primary N) is 1. The number of rotatable bonds is 4. The summed E-state index contributed by atoms with van der Waals surface area (Å²) in [6.07, 6.45) is 3.30. The third-order valence-electron chi connectivity index (χ3n) is 4.47. The van der Waals surface area contributed by atoms with Crippen LogP contribution in [0.5, 0.6) is 0 Å². The summed E-state index contributed by atoms with van der Waals surface area (Å²) in [4.78, 5) is 13.3. The number of benzene rings is 2. The van der Waals surface area contributed by atoms with Gasteiger partial charge in [0.25, 0.3) is 0 Å². The molecule has 1 aromatic heterocycles. The number of amides is 1. The smallest absolute Gasteiger partial charge is 0.248 e. The number of carbonyl (C=O) groups excluding carboxylic acids is 1. The molecule has 1 aliphatic heterocycles. The first-order valence-corrected chi connectivity index (χ1v) is 10.8. The lowest BCUT2D eigenvalue weighted by atomic mass is 10.1. The zero-order chi connectivity index (χ0) is 21.2. The number of hydrogen-bond acceptors (Lipinski definition) is 5. The second-order valence-electron chi connectivity index (χ2n) is 6.87. The van der Waals surface area contributed by atoms with Crippen molar-refractivity contribution in [2.75, 3.05) is 37.4 Å². The van der Waals surface area contributed by atoms with Crippen LogP contribution in [0.1, 0.15) is 11.1 Å². The van der Waals surface area contributed by atoms with E-state index in [0.717, 1.165) is 42.3 Å². The third-order valence-corrected chi connectivity index (χ3v) is 5.39. The molecule has 1 fully saturated rings. The minimum absolute atomic E-state index is 0.203. The molecule has 0 unspecified atom stereocenters. The summed E-state index contributed by atoms with van der Waals surface area (Å²) in [6, 6.07) is 17.7. The van der Waals surface area contributed by atoms with Crippen molar-refractivity contribution in [3.8, 4) is 10.4 Å². The van der Waals surface area contributed by atoms with Gasteiger partial charge in [0.2, 0.25) is 5.91 Å². The lowest BCUT2D eigenvalue weighted by molar-refractivity contribution is -0.111. The van der Waals surface area contributed by atoms with Crippen LogP contribution in [-0.4, -0.2) is 32.2 Å². The van der Waals surface area contributed by atoms with Gasteiger partial charge in [-0.3, -0.25) is 4.79 Å². The number of hydrogen-bond donors (Lipinski definition) is 3. The van der Waals surface area contributed by atoms with Crippen molar-refractivity contribution < 1.29 is 9.53 Å². The Hall–Kier alpha value is -2.93. The van der Waals surface area contributed by atoms with Crippen LogP contribution in [0, 0.1) is 6.92 Å². The van der Waals surface area contributed by atoms with Crippen molar-refractivity contribution in [3.63, 3.8) is 0 Å². The summed E-state index contributed by atoms with van der Waals surface area (Å²) in [5.74, 6) is -0.203. The SMILES string of the molecule is C1COCCN1.Cc1ccc(/C=C/C(=O)Nc2cc(-c3cccs3)ccc2N)cc1. The number of ether oxygens (including phenoxy) is 1. The molecule has 3 aromatic rings. The zero-order valence-electron chi connectivity index (χ0n) is 17.1. The average Bonchev–Trinajstić information content (AvgIpc) is 3.32. The fraction of sp³-hybridized carbons (Fsp3) is 0.208. The molecule has 1 amide bonds. The summed E-state index contributed by atoms with van der Waals surface area (Å²) in [6.45, 7) is 5.86. The van der Waals surface area contributed by atoms with Crippen LogP contribution >= 0.6 is 11.3 Å². The van der Waals surface area contributed by atoms with Crippen LogP contribution < -0.4 is 16.4 Å². The highest BCUT2D eigenvalue weighted by molar-refractivity contribution is 7.13. The Bertz CT molecular complexity index is 951. The Kier molecular flexibility index (Phi) is 8.20. The molecule has 5 nitrogen and oxygen atoms in total. The van der Waals surface area contributed by atoms with Crippen LogP contribution in [0.4, 0.5) is 11.4 Å². The summed E-state index contributed by atoms with van der Waals surface area (Å²) >= 11 is 1.65. The van der Waals surface area contributed by atoms with Crippen LogP contribution in [0.15, 0.2) is 66.1 Å². The van der Waals surface area contributed by atoms with E-state index in [1.165, 1.54) is 11.6 Å². The zero-order valence-corrected chi connectivity index (χ0v) is 17.9. The fourth-order valence-electron chi connectivity index (χ4n) is 2.80. The standard InChI is InChI=1S/C20H18N2OS.C4H9NO/c1-14-4-6-15(7-5-14)8-11-20(23)22-18-13-16(9-10-17(18)21)19-3-2-12-24-19;1-3-6-4-2-5-1/h2-13H,21H2,1H3,(H,22,23);5H,1-4H2/b11-8+;. The van der Waals surface area contributed by atoms with E-state index in [1.54, 1.807) is 17.4 Å². The Morgan fingerprint density at radius 2 is 1.90 bits per heavy atom. The minimum atomic E-state index is -0.203. The van der Waals surface area contributed by atoms with E-state index in [0.29, 0.717) is 11.4 Å². The van der Waals surface area contributed by atoms with Gasteiger partial charge in [0.1, 0.15) is 0 Å². The maximum atomic E-state index is 12.2. The first-order valence-electron chi connectivity index (χ1n) is 9.89. The third kappa shape index (κ3) is 6.84. The molecule has 0 bridgehead atoms. The number of aryl methyl sites for hydroxylation is 1. The molecule has 4 N–H and O–H groups in total. The Morgan fingerprint density at radius 3 is 2.50 bits per heavy atom. The number of thiophene rings is 1. The van der Waals surface area contributed by atoms with Crippen molar-refractivity contribution in [3.05, 3.63) is 77.2 Å². The van der Waals surface area contributed by atoms with E-state index in [9.17, 15) is 4.79 Å². The topological polar surface area (TPSA) is 76.4 Å². The Balaban J connectivity index is 0.000000367. The molecular weight excluding hydrogens is 394 g/mol. The number of nitrogen functional groups attached to an aromatic ring is 1. The highest BCUT2D eigenvalue weighted by atomic mass is 32.1. The number of anilines is 2. The van der Waals surface area contributed by atoms with Crippen LogP contribution in [-0.2, 0) is 9.53 Å². The lowest BCUT2D eigenvalue weighted by Gasteiger charge is -2.10. The van der Waals surface area contributed by atoms with Gasteiger partial charge in [-0.1, -0.05) is 42.0 Å². The van der Waals surface area contributed by atoms with Crippen molar-refractivity contribution >= 4 is 34.7 Å². The molecule has 30 heavy (non-hydrogen) atoms. The maximum Gasteiger partial charge on any atom is 0.248 e. The molecule has 6 heteroatoms. The predicted molar refractivity (Wildman–Crippen MR) is 127 cm³/mol. The van der Waals surface area contributed by atoms with Crippen LogP contribution in [0.3, 0.4) is 0 Å². The first-order chi connectivity index (χ1) is 14.6. The van der Waals surface area contributed by atoms with E-state index in [4.69, 9.17) is 10.5 Å². The summed E-state index contributed by atoms with van der Waals surface area (Å²) in [7, 11) is 0. The summed E-state index contributed by atoms with van der Waals surface area (Å²) in [5, 5.41) is 8.03. The van der Waals surface area contributed by atoms with Gasteiger partial charge in [0.05, 0.1) is 24.6 Å². The van der Waals surface area contributed by atoms with Gasteiger partial charge in [-0.15, -0.1) is 11.3 Å². The molecule has 0 atom stereocenters. The molecule has 2 aromatic carbocycles. The number of nitrogens with one attached hydrogen (secondary N) is 2. The van der Waals surface area contributed by atoms with Crippen molar-refractivity contribution in [1.82, 2.24) is 5.32 Å². The van der Waals surface area contributed by atoms with E-state index < -0.39 is 0 Å². The molecule has 0 aliphatic carbocycles. The largest absolute Gasteiger partial charge is 0.397 e. The minimum Gasteiger partial charge on any atom is -0.397 e. The second-order valence-corrected chi connectivity index (χ2v) is 7.82. The molecule has 2 heterocycles. The Morgan fingerprint density at radius 1 is 1.13 bits per heavy atom. The maximum absolute atomic E-state index is 12.2. The fourth-order valence-corrected chi connectivity index (χ4v) is 3.52. The highest BCUT2D eigenvalue weighted by Gasteiger charge is 2.06. The highest BCUT2D eigenvalue weighted by Crippen LogP contribution is 2.30. The van der Waals surface area contributed by atoms with Gasteiger partial charge in [-0.2, -0.15) is 0 Å². The molecule has 0 saturated carbocycles. The predicted octanol–water partition coefficient (Wildman–Crippen LogP) is 4.56. The average molecular weight is 422 g/mol. The van der Waals surface area contributed by atoms with Gasteiger partial charge < -0.3 is 21.1 Å². The van der Waals surface area contributed by atoms with Gasteiger partial charge in [-0.25, -0.2) is 0 Å². The summed E-state index contributed by atoms with van der Waals surface area (Å²) in [5.41, 5.74) is 10.4. The molecule has 0 spiro atoms. The van der Waals surface area contributed by atoms with E-state index in [-0.39, 0.29) is 5.91 Å². The normalized spacial score (nSPS) is 13.5. The van der Waals surface area contributed by atoms with Gasteiger partial charge in [0, 0.05) is 24.0 Å². The molecule has 1 saturated heterocycles. The van der Waals surface area contributed by atoms with Crippen LogP contribution in [0.2, 0.25) is 0 Å². The lowest BCUT2D eigenvalue weighted by Crippen LogP contribution is -2.30. The second kappa shape index (κ2) is 11.3. The molecule has 0 radical (unpaired) electrons. The molecule has 1 aliphatic rings. The van der Waals surface area contributed by atoms with Gasteiger partial charge in [-0.05, 0) is 47.7 Å². The Labute approximate surface area is 181 Å². The van der Waals surface area contributed by atoms with Crippen molar-refractivity contribution in [2.45, 2.75) is 6.92 Å². The van der Waals surface area contributed by atoms with Gasteiger partial charge >= 0.3 is 0 Å². The van der Waals surface area contributed by atoms with Gasteiger partial charge in [0.15, 0.2) is 0 Å². The van der Waals surface area contributed by atoms with Crippen molar-refractivity contribution in [1.29, 1.82) is 0 Å². The molecular formula is C24H27N3O2S.